The summed E-state index contributed by atoms with van der Waals surface area (Å²) in [6.45, 7) is 6.13. The molecular formula is C15H25NO2. The summed E-state index contributed by atoms with van der Waals surface area (Å²) in [6.07, 6.45) is 5.40. The Bertz CT molecular complexity index is 386. The number of hydrogen-bond donors (Lipinski definition) is 2. The highest BCUT2D eigenvalue weighted by Gasteiger charge is 2.24. The Morgan fingerprint density at radius 3 is 2.67 bits per heavy atom. The van der Waals surface area contributed by atoms with Crippen LogP contribution >= 0.6 is 0 Å². The van der Waals surface area contributed by atoms with E-state index < -0.39 is 0 Å². The lowest BCUT2D eigenvalue weighted by Gasteiger charge is -2.25. The summed E-state index contributed by atoms with van der Waals surface area (Å²) < 4.78 is 5.57. The van der Waals surface area contributed by atoms with Gasteiger partial charge in [0.1, 0.15) is 11.5 Å². The molecule has 0 aromatic carbocycles. The van der Waals surface area contributed by atoms with Gasteiger partial charge in [-0.25, -0.2) is 0 Å². The number of aryl methyl sites for hydroxylation is 2. The minimum Gasteiger partial charge on any atom is -0.466 e. The van der Waals surface area contributed by atoms with E-state index in [1.807, 2.05) is 13.8 Å². The first kappa shape index (κ1) is 13.6. The SMILES string of the molecule is Cc1cc(C(C)NC2CCCCCC2O)c(C)o1. The minimum absolute atomic E-state index is 0.205. The number of rotatable bonds is 3. The standard InChI is InChI=1S/C15H25NO2/c1-10-9-13(12(3)18-10)11(2)16-14-7-5-4-6-8-15(14)17/h9,11,14-17H,4-8H2,1-3H3. The molecule has 0 radical (unpaired) electrons. The monoisotopic (exact) mass is 251 g/mol. The fourth-order valence-corrected chi connectivity index (χ4v) is 2.97. The molecule has 3 heteroatoms. The molecule has 0 saturated heterocycles. The molecule has 1 aliphatic carbocycles. The van der Waals surface area contributed by atoms with Gasteiger partial charge in [-0.1, -0.05) is 19.3 Å². The van der Waals surface area contributed by atoms with E-state index in [0.29, 0.717) is 0 Å². The van der Waals surface area contributed by atoms with E-state index in [1.54, 1.807) is 0 Å². The van der Waals surface area contributed by atoms with Crippen molar-refractivity contribution in [3.63, 3.8) is 0 Å². The zero-order chi connectivity index (χ0) is 13.1. The minimum atomic E-state index is -0.205. The van der Waals surface area contributed by atoms with Gasteiger partial charge in [0, 0.05) is 17.6 Å². The molecule has 0 amide bonds. The summed E-state index contributed by atoms with van der Waals surface area (Å²) in [5.74, 6) is 1.94. The molecule has 0 bridgehead atoms. The molecule has 102 valence electrons. The van der Waals surface area contributed by atoms with E-state index in [-0.39, 0.29) is 18.2 Å². The van der Waals surface area contributed by atoms with E-state index in [9.17, 15) is 5.11 Å². The van der Waals surface area contributed by atoms with Crippen molar-refractivity contribution >= 4 is 0 Å². The Balaban J connectivity index is 2.01. The molecule has 0 aliphatic heterocycles. The summed E-state index contributed by atoms with van der Waals surface area (Å²) >= 11 is 0. The van der Waals surface area contributed by atoms with Crippen LogP contribution < -0.4 is 5.32 Å². The second-order valence-corrected chi connectivity index (χ2v) is 5.57. The van der Waals surface area contributed by atoms with E-state index >= 15 is 0 Å². The maximum atomic E-state index is 10.1. The molecular weight excluding hydrogens is 226 g/mol. The van der Waals surface area contributed by atoms with Gasteiger partial charge in [-0.3, -0.25) is 0 Å². The lowest BCUT2D eigenvalue weighted by Crippen LogP contribution is -2.40. The lowest BCUT2D eigenvalue weighted by atomic mass is 10.0. The number of nitrogens with one attached hydrogen (secondary N) is 1. The normalized spacial score (nSPS) is 26.9. The van der Waals surface area contributed by atoms with Crippen molar-refractivity contribution in [2.75, 3.05) is 0 Å². The molecule has 3 atom stereocenters. The quantitative estimate of drug-likeness (QED) is 0.811. The van der Waals surface area contributed by atoms with Crippen molar-refractivity contribution in [3.05, 3.63) is 23.2 Å². The van der Waals surface area contributed by atoms with Gasteiger partial charge in [-0.2, -0.15) is 0 Å². The van der Waals surface area contributed by atoms with Crippen LogP contribution in [0.15, 0.2) is 10.5 Å². The van der Waals surface area contributed by atoms with Gasteiger partial charge in [0.25, 0.3) is 0 Å². The van der Waals surface area contributed by atoms with Crippen LogP contribution in [0.25, 0.3) is 0 Å². The third kappa shape index (κ3) is 3.15. The average Bonchev–Trinajstić information content (AvgIpc) is 2.52. The summed E-state index contributed by atoms with van der Waals surface area (Å²) in [7, 11) is 0. The van der Waals surface area contributed by atoms with Crippen molar-refractivity contribution in [1.82, 2.24) is 5.32 Å². The topological polar surface area (TPSA) is 45.4 Å². The maximum absolute atomic E-state index is 10.1. The van der Waals surface area contributed by atoms with Crippen molar-refractivity contribution < 1.29 is 9.52 Å². The largest absolute Gasteiger partial charge is 0.466 e. The third-order valence-corrected chi connectivity index (χ3v) is 3.99. The summed E-state index contributed by atoms with van der Waals surface area (Å²) in [5.41, 5.74) is 1.21. The first-order valence-electron chi connectivity index (χ1n) is 7.09. The highest BCUT2D eigenvalue weighted by atomic mass is 16.3. The maximum Gasteiger partial charge on any atom is 0.105 e. The molecule has 3 unspecified atom stereocenters. The van der Waals surface area contributed by atoms with Crippen LogP contribution in [0.3, 0.4) is 0 Å². The molecule has 18 heavy (non-hydrogen) atoms. The van der Waals surface area contributed by atoms with Crippen LogP contribution in [-0.4, -0.2) is 17.3 Å². The lowest BCUT2D eigenvalue weighted by molar-refractivity contribution is 0.114. The van der Waals surface area contributed by atoms with Crippen LogP contribution in [0.5, 0.6) is 0 Å². The molecule has 1 heterocycles. The first-order valence-corrected chi connectivity index (χ1v) is 7.09. The summed E-state index contributed by atoms with van der Waals surface area (Å²) in [5, 5.41) is 13.7. The smallest absolute Gasteiger partial charge is 0.105 e. The third-order valence-electron chi connectivity index (χ3n) is 3.99. The summed E-state index contributed by atoms with van der Waals surface area (Å²) in [6, 6.07) is 2.55. The molecule has 1 aliphatic rings. The number of aliphatic hydroxyl groups is 1. The van der Waals surface area contributed by atoms with Gasteiger partial charge in [0.05, 0.1) is 6.10 Å². The second kappa shape index (κ2) is 5.89. The molecule has 1 aromatic heterocycles. The van der Waals surface area contributed by atoms with Gasteiger partial charge in [-0.05, 0) is 39.7 Å². The Labute approximate surface area is 110 Å². The Kier molecular flexibility index (Phi) is 4.46. The zero-order valence-electron chi connectivity index (χ0n) is 11.7. The Morgan fingerprint density at radius 1 is 1.28 bits per heavy atom. The molecule has 0 spiro atoms. The van der Waals surface area contributed by atoms with Crippen LogP contribution in [0.4, 0.5) is 0 Å². The Morgan fingerprint density at radius 2 is 2.00 bits per heavy atom. The van der Waals surface area contributed by atoms with Crippen LogP contribution in [0.2, 0.25) is 0 Å². The highest BCUT2D eigenvalue weighted by Crippen LogP contribution is 2.25. The molecule has 2 rings (SSSR count). The van der Waals surface area contributed by atoms with Gasteiger partial charge in [0.2, 0.25) is 0 Å². The van der Waals surface area contributed by atoms with Crippen LogP contribution in [0, 0.1) is 13.8 Å². The van der Waals surface area contributed by atoms with Gasteiger partial charge < -0.3 is 14.8 Å². The van der Waals surface area contributed by atoms with E-state index in [1.165, 1.54) is 18.4 Å². The fourth-order valence-electron chi connectivity index (χ4n) is 2.97. The Hall–Kier alpha value is -0.800. The molecule has 1 aromatic rings. The van der Waals surface area contributed by atoms with Crippen molar-refractivity contribution in [3.8, 4) is 0 Å². The predicted molar refractivity (Wildman–Crippen MR) is 72.6 cm³/mol. The van der Waals surface area contributed by atoms with Crippen LogP contribution in [-0.2, 0) is 0 Å². The van der Waals surface area contributed by atoms with Crippen molar-refractivity contribution in [2.45, 2.75) is 71.1 Å². The number of aliphatic hydroxyl groups excluding tert-OH is 1. The van der Waals surface area contributed by atoms with Gasteiger partial charge >= 0.3 is 0 Å². The van der Waals surface area contributed by atoms with Gasteiger partial charge in [0.15, 0.2) is 0 Å². The van der Waals surface area contributed by atoms with E-state index in [2.05, 4.69) is 18.3 Å². The van der Waals surface area contributed by atoms with Crippen molar-refractivity contribution in [2.24, 2.45) is 0 Å². The van der Waals surface area contributed by atoms with Crippen molar-refractivity contribution in [1.29, 1.82) is 0 Å². The number of furan rings is 1. The molecule has 1 saturated carbocycles. The molecule has 2 N–H and O–H groups in total. The molecule has 3 nitrogen and oxygen atoms in total. The fraction of sp³-hybridized carbons (Fsp3) is 0.733. The van der Waals surface area contributed by atoms with E-state index in [4.69, 9.17) is 4.42 Å². The number of hydrogen-bond acceptors (Lipinski definition) is 3. The highest BCUT2D eigenvalue weighted by molar-refractivity contribution is 5.23. The summed E-state index contributed by atoms with van der Waals surface area (Å²) in [4.78, 5) is 0. The van der Waals surface area contributed by atoms with Crippen LogP contribution in [0.1, 0.15) is 62.2 Å². The molecule has 1 fully saturated rings. The first-order chi connectivity index (χ1) is 8.58. The predicted octanol–water partition coefficient (Wildman–Crippen LogP) is 3.24. The van der Waals surface area contributed by atoms with Gasteiger partial charge in [-0.15, -0.1) is 0 Å². The zero-order valence-corrected chi connectivity index (χ0v) is 11.7. The van der Waals surface area contributed by atoms with E-state index in [0.717, 1.165) is 30.8 Å². The second-order valence-electron chi connectivity index (χ2n) is 5.57. The average molecular weight is 251 g/mol.